The minimum absolute atomic E-state index is 0.675. The Balaban J connectivity index is 2.67. The molecule has 17 heavy (non-hydrogen) atoms. The summed E-state index contributed by atoms with van der Waals surface area (Å²) in [5.41, 5.74) is 0. The second-order valence-electron chi connectivity index (χ2n) is 5.54. The molecule has 1 aliphatic rings. The highest BCUT2D eigenvalue weighted by molar-refractivity contribution is 7.98. The summed E-state index contributed by atoms with van der Waals surface area (Å²) in [4.78, 5) is 2.78. The third-order valence-corrected chi connectivity index (χ3v) is 4.79. The van der Waals surface area contributed by atoms with E-state index in [1.807, 2.05) is 11.8 Å². The topological polar surface area (TPSA) is 15.3 Å². The van der Waals surface area contributed by atoms with Crippen molar-refractivity contribution in [1.82, 2.24) is 10.2 Å². The first-order chi connectivity index (χ1) is 8.13. The maximum Gasteiger partial charge on any atom is 0.0222 e. The predicted octanol–water partition coefficient (Wildman–Crippen LogP) is 2.84. The van der Waals surface area contributed by atoms with Crippen molar-refractivity contribution in [1.29, 1.82) is 0 Å². The molecule has 0 aromatic heterocycles. The van der Waals surface area contributed by atoms with Crippen LogP contribution in [-0.2, 0) is 0 Å². The smallest absolute Gasteiger partial charge is 0.0222 e. The summed E-state index contributed by atoms with van der Waals surface area (Å²) >= 11 is 1.99. The Morgan fingerprint density at radius 3 is 2.53 bits per heavy atom. The molecule has 3 unspecified atom stereocenters. The van der Waals surface area contributed by atoms with Crippen LogP contribution in [0.3, 0.4) is 0 Å². The van der Waals surface area contributed by atoms with Crippen molar-refractivity contribution in [3.05, 3.63) is 0 Å². The molecule has 102 valence electrons. The fourth-order valence-electron chi connectivity index (χ4n) is 2.76. The molecule has 3 atom stereocenters. The van der Waals surface area contributed by atoms with Crippen LogP contribution in [0.1, 0.15) is 40.5 Å². The highest BCUT2D eigenvalue weighted by Crippen LogP contribution is 2.21. The van der Waals surface area contributed by atoms with Crippen molar-refractivity contribution in [3.8, 4) is 0 Å². The van der Waals surface area contributed by atoms with Crippen LogP contribution in [-0.4, -0.2) is 48.1 Å². The fraction of sp³-hybridized carbons (Fsp3) is 1.00. The van der Waals surface area contributed by atoms with Gasteiger partial charge in [0.15, 0.2) is 0 Å². The average molecular weight is 258 g/mol. The van der Waals surface area contributed by atoms with Gasteiger partial charge in [0, 0.05) is 37.0 Å². The van der Waals surface area contributed by atoms with E-state index in [2.05, 4.69) is 44.2 Å². The Morgan fingerprint density at radius 1 is 1.35 bits per heavy atom. The quantitative estimate of drug-likeness (QED) is 0.789. The van der Waals surface area contributed by atoms with E-state index in [-0.39, 0.29) is 0 Å². The van der Waals surface area contributed by atoms with Crippen molar-refractivity contribution >= 4 is 11.8 Å². The number of hydrogen-bond donors (Lipinski definition) is 1. The largest absolute Gasteiger partial charge is 0.311 e. The van der Waals surface area contributed by atoms with Crippen LogP contribution in [0.4, 0.5) is 0 Å². The van der Waals surface area contributed by atoms with Crippen molar-refractivity contribution in [2.75, 3.05) is 25.1 Å². The molecule has 1 aliphatic heterocycles. The average Bonchev–Trinajstić information content (AvgIpc) is 2.35. The van der Waals surface area contributed by atoms with Crippen LogP contribution in [0.15, 0.2) is 0 Å². The lowest BCUT2D eigenvalue weighted by Gasteiger charge is -2.45. The van der Waals surface area contributed by atoms with Gasteiger partial charge in [0.1, 0.15) is 0 Å². The second-order valence-corrected chi connectivity index (χ2v) is 6.45. The zero-order valence-electron chi connectivity index (χ0n) is 12.2. The zero-order chi connectivity index (χ0) is 12.8. The van der Waals surface area contributed by atoms with Gasteiger partial charge in [-0.1, -0.05) is 27.7 Å². The fourth-order valence-corrected chi connectivity index (χ4v) is 3.57. The van der Waals surface area contributed by atoms with E-state index in [0.717, 1.165) is 18.0 Å². The van der Waals surface area contributed by atoms with E-state index in [0.29, 0.717) is 6.04 Å². The summed E-state index contributed by atoms with van der Waals surface area (Å²) in [7, 11) is 0. The Hall–Kier alpha value is 0.270. The van der Waals surface area contributed by atoms with Gasteiger partial charge in [-0.25, -0.2) is 0 Å². The van der Waals surface area contributed by atoms with Gasteiger partial charge in [0.25, 0.3) is 0 Å². The molecule has 0 aliphatic carbocycles. The molecule has 0 spiro atoms. The maximum absolute atomic E-state index is 3.72. The molecule has 0 aromatic carbocycles. The molecule has 1 heterocycles. The number of rotatable bonds is 6. The Morgan fingerprint density at radius 2 is 2.06 bits per heavy atom. The van der Waals surface area contributed by atoms with Gasteiger partial charge in [0.05, 0.1) is 0 Å². The third-order valence-electron chi connectivity index (χ3n) is 4.07. The maximum atomic E-state index is 3.72. The van der Waals surface area contributed by atoms with Gasteiger partial charge in [-0.15, -0.1) is 0 Å². The summed E-state index contributed by atoms with van der Waals surface area (Å²) in [6, 6.07) is 2.18. The van der Waals surface area contributed by atoms with Crippen LogP contribution in [0.25, 0.3) is 0 Å². The lowest BCUT2D eigenvalue weighted by molar-refractivity contribution is 0.0742. The van der Waals surface area contributed by atoms with Gasteiger partial charge in [-0.05, 0) is 25.0 Å². The molecule has 0 radical (unpaired) electrons. The van der Waals surface area contributed by atoms with E-state index in [1.165, 1.54) is 31.7 Å². The van der Waals surface area contributed by atoms with Gasteiger partial charge in [0.2, 0.25) is 0 Å². The van der Waals surface area contributed by atoms with Gasteiger partial charge in [-0.2, -0.15) is 11.8 Å². The molecule has 0 amide bonds. The Bertz CT molecular complexity index is 208. The zero-order valence-corrected chi connectivity index (χ0v) is 13.0. The van der Waals surface area contributed by atoms with Crippen molar-refractivity contribution in [2.24, 2.45) is 5.92 Å². The molecule has 3 heteroatoms. The minimum atomic E-state index is 0.675. The van der Waals surface area contributed by atoms with Gasteiger partial charge >= 0.3 is 0 Å². The van der Waals surface area contributed by atoms with E-state index in [4.69, 9.17) is 0 Å². The minimum Gasteiger partial charge on any atom is -0.311 e. The first-order valence-corrected chi connectivity index (χ1v) is 8.51. The van der Waals surface area contributed by atoms with E-state index in [9.17, 15) is 0 Å². The highest BCUT2D eigenvalue weighted by Gasteiger charge is 2.31. The number of thioether (sulfide) groups is 1. The Labute approximate surface area is 112 Å². The van der Waals surface area contributed by atoms with Gasteiger partial charge in [-0.3, -0.25) is 4.90 Å². The molecule has 1 fully saturated rings. The summed E-state index contributed by atoms with van der Waals surface area (Å²) in [6.45, 7) is 11.7. The second kappa shape index (κ2) is 7.65. The predicted molar refractivity (Wildman–Crippen MR) is 79.9 cm³/mol. The SMILES string of the molecule is CCC1CNC(C(C)C)CN1C(CC)CSC. The van der Waals surface area contributed by atoms with Crippen LogP contribution in [0.2, 0.25) is 0 Å². The number of nitrogens with one attached hydrogen (secondary N) is 1. The van der Waals surface area contributed by atoms with E-state index >= 15 is 0 Å². The van der Waals surface area contributed by atoms with Crippen LogP contribution < -0.4 is 5.32 Å². The molecule has 1 rings (SSSR count). The van der Waals surface area contributed by atoms with Crippen LogP contribution in [0.5, 0.6) is 0 Å². The summed E-state index contributed by atoms with van der Waals surface area (Å²) < 4.78 is 0. The molecule has 0 aromatic rings. The summed E-state index contributed by atoms with van der Waals surface area (Å²) in [6.07, 6.45) is 4.77. The number of piperazine rings is 1. The van der Waals surface area contributed by atoms with Crippen molar-refractivity contribution < 1.29 is 0 Å². The standard InChI is InChI=1S/C14H30N2S/c1-6-12-8-15-14(11(3)4)9-16(12)13(7-2)10-17-5/h11-15H,6-10H2,1-5H3. The molecule has 2 nitrogen and oxygen atoms in total. The third kappa shape index (κ3) is 4.15. The first kappa shape index (κ1) is 15.3. The Kier molecular flexibility index (Phi) is 6.90. The first-order valence-electron chi connectivity index (χ1n) is 7.12. The molecule has 0 saturated carbocycles. The number of nitrogens with zero attached hydrogens (tertiary/aromatic N) is 1. The normalized spacial score (nSPS) is 28.6. The molecular weight excluding hydrogens is 228 g/mol. The van der Waals surface area contributed by atoms with E-state index in [1.54, 1.807) is 0 Å². The number of hydrogen-bond acceptors (Lipinski definition) is 3. The van der Waals surface area contributed by atoms with Crippen molar-refractivity contribution in [2.45, 2.75) is 58.7 Å². The summed E-state index contributed by atoms with van der Waals surface area (Å²) in [5.74, 6) is 2.01. The van der Waals surface area contributed by atoms with Crippen LogP contribution >= 0.6 is 11.8 Å². The summed E-state index contributed by atoms with van der Waals surface area (Å²) in [5, 5.41) is 3.72. The molecular formula is C14H30N2S. The highest BCUT2D eigenvalue weighted by atomic mass is 32.2. The monoisotopic (exact) mass is 258 g/mol. The lowest BCUT2D eigenvalue weighted by Crippen LogP contribution is -2.61. The molecule has 1 saturated heterocycles. The van der Waals surface area contributed by atoms with Crippen LogP contribution in [0, 0.1) is 5.92 Å². The lowest BCUT2D eigenvalue weighted by atomic mass is 9.96. The van der Waals surface area contributed by atoms with Gasteiger partial charge < -0.3 is 5.32 Å². The molecule has 0 bridgehead atoms. The molecule has 1 N–H and O–H groups in total. The van der Waals surface area contributed by atoms with Crippen molar-refractivity contribution in [3.63, 3.8) is 0 Å². The van der Waals surface area contributed by atoms with E-state index < -0.39 is 0 Å².